The van der Waals surface area contributed by atoms with Crippen LogP contribution in [0.4, 0.5) is 4.39 Å². The normalized spacial score (nSPS) is 12.0. The molecule has 0 saturated heterocycles. The van der Waals surface area contributed by atoms with Crippen molar-refractivity contribution in [3.63, 3.8) is 0 Å². The lowest BCUT2D eigenvalue weighted by Crippen LogP contribution is -2.34. The van der Waals surface area contributed by atoms with Crippen molar-refractivity contribution in [1.29, 1.82) is 0 Å². The summed E-state index contributed by atoms with van der Waals surface area (Å²) in [6.07, 6.45) is 0. The number of thiophene rings is 1. The van der Waals surface area contributed by atoms with E-state index in [0.29, 0.717) is 0 Å². The van der Waals surface area contributed by atoms with E-state index in [1.807, 2.05) is 6.07 Å². The summed E-state index contributed by atoms with van der Waals surface area (Å²) in [4.78, 5) is 0. The largest absolute Gasteiger partial charge is 0.195 e. The summed E-state index contributed by atoms with van der Waals surface area (Å²) in [6.45, 7) is 6.66. The molecule has 0 atom stereocenters. The number of rotatable bonds is 1. The molecule has 1 aromatic heterocycles. The summed E-state index contributed by atoms with van der Waals surface area (Å²) in [7, 11) is -1.23. The van der Waals surface area contributed by atoms with Crippen LogP contribution in [0.15, 0.2) is 12.1 Å². The molecule has 0 saturated carbocycles. The van der Waals surface area contributed by atoms with Crippen LogP contribution >= 0.6 is 11.3 Å². The van der Waals surface area contributed by atoms with Gasteiger partial charge in [-0.1, -0.05) is 19.6 Å². The van der Waals surface area contributed by atoms with E-state index >= 15 is 0 Å². The third-order valence-corrected chi connectivity index (χ3v) is 5.79. The maximum atomic E-state index is 12.5. The minimum Gasteiger partial charge on any atom is -0.195 e. The van der Waals surface area contributed by atoms with Crippen molar-refractivity contribution < 1.29 is 4.39 Å². The van der Waals surface area contributed by atoms with Crippen molar-refractivity contribution in [2.45, 2.75) is 19.6 Å². The highest BCUT2D eigenvalue weighted by Crippen LogP contribution is 2.10. The van der Waals surface area contributed by atoms with E-state index in [1.165, 1.54) is 15.8 Å². The monoisotopic (exact) mass is 174 g/mol. The third-order valence-electron chi connectivity index (χ3n) is 1.31. The van der Waals surface area contributed by atoms with Crippen molar-refractivity contribution in [2.24, 2.45) is 0 Å². The van der Waals surface area contributed by atoms with Gasteiger partial charge in [-0.3, -0.25) is 0 Å². The van der Waals surface area contributed by atoms with Gasteiger partial charge in [-0.05, 0) is 16.6 Å². The average Bonchev–Trinajstić information content (AvgIpc) is 2.11. The Morgan fingerprint density at radius 1 is 1.30 bits per heavy atom. The summed E-state index contributed by atoms with van der Waals surface area (Å²) >= 11 is 1.29. The van der Waals surface area contributed by atoms with Crippen molar-refractivity contribution >= 4 is 23.9 Å². The second kappa shape index (κ2) is 2.47. The fourth-order valence-electron chi connectivity index (χ4n) is 0.717. The van der Waals surface area contributed by atoms with E-state index in [2.05, 4.69) is 19.6 Å². The standard InChI is InChI=1S/C7H11FSSi/c1-10(2,3)7-5-4-6(8)9-7/h4-5H,1-3H3. The molecule has 1 rings (SSSR count). The number of halogens is 1. The Bertz CT molecular complexity index is 224. The molecule has 1 heterocycles. The highest BCUT2D eigenvalue weighted by Gasteiger charge is 2.18. The molecule has 0 aliphatic heterocycles. The molecule has 56 valence electrons. The quantitative estimate of drug-likeness (QED) is 0.574. The van der Waals surface area contributed by atoms with Crippen LogP contribution in [0.2, 0.25) is 19.6 Å². The average molecular weight is 174 g/mol. The Hall–Kier alpha value is -0.153. The summed E-state index contributed by atoms with van der Waals surface area (Å²) in [5.74, 6) is 0. The molecule has 0 unspecified atom stereocenters. The van der Waals surface area contributed by atoms with Gasteiger partial charge in [0.05, 0.1) is 8.07 Å². The lowest BCUT2D eigenvalue weighted by molar-refractivity contribution is 0.657. The second-order valence-corrected chi connectivity index (χ2v) is 9.79. The Morgan fingerprint density at radius 3 is 2.10 bits per heavy atom. The molecule has 0 fully saturated rings. The van der Waals surface area contributed by atoms with Crippen molar-refractivity contribution in [3.8, 4) is 0 Å². The van der Waals surface area contributed by atoms with E-state index < -0.39 is 8.07 Å². The molecule has 0 aromatic carbocycles. The van der Waals surface area contributed by atoms with Gasteiger partial charge in [-0.2, -0.15) is 4.39 Å². The van der Waals surface area contributed by atoms with Crippen molar-refractivity contribution in [1.82, 2.24) is 0 Å². The Labute approximate surface area is 65.7 Å². The molecular formula is C7H11FSSi. The molecular weight excluding hydrogens is 163 g/mol. The van der Waals surface area contributed by atoms with Gasteiger partial charge in [0.2, 0.25) is 0 Å². The van der Waals surface area contributed by atoms with Crippen molar-refractivity contribution in [2.75, 3.05) is 0 Å². The van der Waals surface area contributed by atoms with Gasteiger partial charge in [-0.25, -0.2) is 0 Å². The lowest BCUT2D eigenvalue weighted by Gasteiger charge is -2.11. The molecule has 0 bridgehead atoms. The smallest absolute Gasteiger partial charge is 0.176 e. The Morgan fingerprint density at radius 2 is 1.90 bits per heavy atom. The summed E-state index contributed by atoms with van der Waals surface area (Å²) in [6, 6.07) is 3.46. The first-order chi connectivity index (χ1) is 4.50. The van der Waals surface area contributed by atoms with Crippen LogP contribution in [-0.4, -0.2) is 8.07 Å². The van der Waals surface area contributed by atoms with Crippen LogP contribution in [0.5, 0.6) is 0 Å². The van der Waals surface area contributed by atoms with E-state index in [1.54, 1.807) is 6.07 Å². The van der Waals surface area contributed by atoms with E-state index in [9.17, 15) is 4.39 Å². The van der Waals surface area contributed by atoms with Gasteiger partial charge in [0.15, 0.2) is 5.13 Å². The fourth-order valence-corrected chi connectivity index (χ4v) is 3.30. The van der Waals surface area contributed by atoms with Crippen molar-refractivity contribution in [3.05, 3.63) is 17.3 Å². The Kier molecular flexibility index (Phi) is 1.96. The zero-order valence-corrected chi connectivity index (χ0v) is 8.26. The molecule has 0 amide bonds. The maximum Gasteiger partial charge on any atom is 0.176 e. The van der Waals surface area contributed by atoms with Crippen LogP contribution in [0.3, 0.4) is 0 Å². The minimum absolute atomic E-state index is 0.0579. The Balaban J connectivity index is 2.96. The molecule has 3 heteroatoms. The summed E-state index contributed by atoms with van der Waals surface area (Å²) in [5.41, 5.74) is 0. The molecule has 10 heavy (non-hydrogen) atoms. The van der Waals surface area contributed by atoms with Crippen LogP contribution in [0.1, 0.15) is 0 Å². The predicted molar refractivity (Wildman–Crippen MR) is 47.3 cm³/mol. The van der Waals surface area contributed by atoms with Gasteiger partial charge >= 0.3 is 0 Å². The van der Waals surface area contributed by atoms with E-state index in [0.717, 1.165) is 0 Å². The number of hydrogen-bond donors (Lipinski definition) is 0. The van der Waals surface area contributed by atoms with Gasteiger partial charge in [0.25, 0.3) is 0 Å². The maximum absolute atomic E-state index is 12.5. The summed E-state index contributed by atoms with van der Waals surface area (Å²) in [5, 5.41) is -0.0579. The van der Waals surface area contributed by atoms with Crippen LogP contribution < -0.4 is 4.50 Å². The van der Waals surface area contributed by atoms with Crippen LogP contribution in [-0.2, 0) is 0 Å². The van der Waals surface area contributed by atoms with E-state index in [4.69, 9.17) is 0 Å². The first kappa shape index (κ1) is 7.95. The number of hydrogen-bond acceptors (Lipinski definition) is 1. The molecule has 1 aromatic rings. The SMILES string of the molecule is C[Si](C)(C)c1ccc(F)s1. The zero-order valence-electron chi connectivity index (χ0n) is 6.44. The predicted octanol–water partition coefficient (Wildman–Crippen LogP) is 2.43. The molecule has 0 nitrogen and oxygen atoms in total. The first-order valence-corrected chi connectivity index (χ1v) is 7.57. The minimum atomic E-state index is -1.23. The van der Waals surface area contributed by atoms with Gasteiger partial charge in [-0.15, -0.1) is 11.3 Å². The van der Waals surface area contributed by atoms with Gasteiger partial charge < -0.3 is 0 Å². The molecule has 0 aliphatic rings. The van der Waals surface area contributed by atoms with Gasteiger partial charge in [0.1, 0.15) is 0 Å². The highest BCUT2D eigenvalue weighted by atomic mass is 32.1. The molecule has 0 radical (unpaired) electrons. The van der Waals surface area contributed by atoms with Crippen LogP contribution in [0, 0.1) is 5.13 Å². The second-order valence-electron chi connectivity index (χ2n) is 3.35. The topological polar surface area (TPSA) is 0 Å². The van der Waals surface area contributed by atoms with Gasteiger partial charge in [0, 0.05) is 0 Å². The molecule has 0 aliphatic carbocycles. The zero-order chi connectivity index (χ0) is 7.78. The van der Waals surface area contributed by atoms with Crippen LogP contribution in [0.25, 0.3) is 0 Å². The first-order valence-electron chi connectivity index (χ1n) is 3.26. The highest BCUT2D eigenvalue weighted by molar-refractivity contribution is 7.25. The lowest BCUT2D eigenvalue weighted by atomic mass is 10.7. The summed E-state index contributed by atoms with van der Waals surface area (Å²) < 4.78 is 13.7. The molecule has 0 N–H and O–H groups in total. The fraction of sp³-hybridized carbons (Fsp3) is 0.429. The third kappa shape index (κ3) is 1.67. The molecule has 0 spiro atoms. The van der Waals surface area contributed by atoms with E-state index in [-0.39, 0.29) is 5.13 Å².